The van der Waals surface area contributed by atoms with Crippen LogP contribution >= 0.6 is 0 Å². The van der Waals surface area contributed by atoms with E-state index in [0.717, 1.165) is 30.9 Å². The first kappa shape index (κ1) is 13.2. The Morgan fingerprint density at radius 1 is 1.40 bits per heavy atom. The molecule has 0 radical (unpaired) electrons. The van der Waals surface area contributed by atoms with Gasteiger partial charge in [0.2, 0.25) is 5.91 Å². The molecule has 0 saturated carbocycles. The number of hydrogen-bond acceptors (Lipinski definition) is 3. The van der Waals surface area contributed by atoms with Gasteiger partial charge in [-0.2, -0.15) is 0 Å². The standard InChI is InChI=1S/C16H20N2O2/c1-11-14(13-5-3-4-6-15(13)20-11)9-17-12-7-8-16(19)18(2)10-12/h3-6,12,17H,7-10H2,1-2H3. The van der Waals surface area contributed by atoms with E-state index in [2.05, 4.69) is 11.4 Å². The number of likely N-dealkylation sites (N-methyl/N-ethyl adjacent to an activating group) is 1. The average Bonchev–Trinajstić information content (AvgIpc) is 2.76. The van der Waals surface area contributed by atoms with E-state index < -0.39 is 0 Å². The Kier molecular flexibility index (Phi) is 3.49. The molecule has 1 aliphatic rings. The van der Waals surface area contributed by atoms with E-state index in [-0.39, 0.29) is 5.91 Å². The summed E-state index contributed by atoms with van der Waals surface area (Å²) in [6.45, 7) is 3.58. The second kappa shape index (κ2) is 5.29. The molecule has 1 aliphatic heterocycles. The van der Waals surface area contributed by atoms with Gasteiger partial charge in [0.15, 0.2) is 0 Å². The van der Waals surface area contributed by atoms with Gasteiger partial charge in [0.05, 0.1) is 0 Å². The number of nitrogens with zero attached hydrogens (tertiary/aromatic N) is 1. The highest BCUT2D eigenvalue weighted by Crippen LogP contribution is 2.25. The van der Waals surface area contributed by atoms with Crippen LogP contribution in [-0.2, 0) is 11.3 Å². The lowest BCUT2D eigenvalue weighted by Gasteiger charge is -2.30. The number of nitrogens with one attached hydrogen (secondary N) is 1. The molecule has 0 spiro atoms. The normalized spacial score (nSPS) is 19.8. The molecule has 1 N–H and O–H groups in total. The molecule has 0 aliphatic carbocycles. The summed E-state index contributed by atoms with van der Waals surface area (Å²) < 4.78 is 5.77. The number of carbonyl (C=O) groups is 1. The topological polar surface area (TPSA) is 45.5 Å². The third-order valence-corrected chi connectivity index (χ3v) is 4.09. The Morgan fingerprint density at radius 2 is 2.20 bits per heavy atom. The number of carbonyl (C=O) groups excluding carboxylic acids is 1. The Morgan fingerprint density at radius 3 is 3.00 bits per heavy atom. The predicted octanol–water partition coefficient (Wildman–Crippen LogP) is 2.45. The number of likely N-dealkylation sites (tertiary alicyclic amines) is 1. The second-order valence-electron chi connectivity index (χ2n) is 5.52. The van der Waals surface area contributed by atoms with Crippen LogP contribution in [0.4, 0.5) is 0 Å². The van der Waals surface area contributed by atoms with Crippen molar-refractivity contribution in [2.75, 3.05) is 13.6 Å². The van der Waals surface area contributed by atoms with Crippen molar-refractivity contribution >= 4 is 16.9 Å². The number of hydrogen-bond donors (Lipinski definition) is 1. The van der Waals surface area contributed by atoms with E-state index >= 15 is 0 Å². The summed E-state index contributed by atoms with van der Waals surface area (Å²) in [6.07, 6.45) is 1.55. The van der Waals surface area contributed by atoms with Crippen molar-refractivity contribution in [3.05, 3.63) is 35.6 Å². The molecule has 2 heterocycles. The second-order valence-corrected chi connectivity index (χ2v) is 5.52. The predicted molar refractivity (Wildman–Crippen MR) is 78.4 cm³/mol. The molecule has 1 aromatic carbocycles. The van der Waals surface area contributed by atoms with Crippen LogP contribution in [-0.4, -0.2) is 30.4 Å². The Balaban J connectivity index is 1.71. The smallest absolute Gasteiger partial charge is 0.222 e. The molecule has 4 heteroatoms. The van der Waals surface area contributed by atoms with Crippen LogP contribution in [0.1, 0.15) is 24.2 Å². The van der Waals surface area contributed by atoms with E-state index in [4.69, 9.17) is 4.42 Å². The maximum Gasteiger partial charge on any atom is 0.222 e. The van der Waals surface area contributed by atoms with Gasteiger partial charge in [0, 0.05) is 43.5 Å². The van der Waals surface area contributed by atoms with Crippen LogP contribution in [0.5, 0.6) is 0 Å². The molecule has 106 valence electrons. The van der Waals surface area contributed by atoms with E-state index in [1.54, 1.807) is 0 Å². The Hall–Kier alpha value is -1.81. The lowest BCUT2D eigenvalue weighted by atomic mass is 10.0. The number of rotatable bonds is 3. The van der Waals surface area contributed by atoms with Gasteiger partial charge >= 0.3 is 0 Å². The molecule has 1 saturated heterocycles. The van der Waals surface area contributed by atoms with Crippen LogP contribution in [0.3, 0.4) is 0 Å². The number of amides is 1. The highest BCUT2D eigenvalue weighted by Gasteiger charge is 2.22. The first-order valence-corrected chi connectivity index (χ1v) is 7.09. The summed E-state index contributed by atoms with van der Waals surface area (Å²) in [5.41, 5.74) is 2.16. The molecule has 4 nitrogen and oxygen atoms in total. The Bertz CT molecular complexity index is 632. The van der Waals surface area contributed by atoms with Crippen LogP contribution in [0, 0.1) is 6.92 Å². The molecule has 2 aromatic rings. The molecule has 1 amide bonds. The fourth-order valence-electron chi connectivity index (χ4n) is 2.87. The first-order valence-electron chi connectivity index (χ1n) is 7.09. The lowest BCUT2D eigenvalue weighted by Crippen LogP contribution is -2.46. The molecule has 3 rings (SSSR count). The molecule has 1 atom stereocenters. The maximum absolute atomic E-state index is 11.5. The number of benzene rings is 1. The van der Waals surface area contributed by atoms with Crippen LogP contribution < -0.4 is 5.32 Å². The maximum atomic E-state index is 11.5. The summed E-state index contributed by atoms with van der Waals surface area (Å²) >= 11 is 0. The molecular formula is C16H20N2O2. The fraction of sp³-hybridized carbons (Fsp3) is 0.438. The van der Waals surface area contributed by atoms with Gasteiger partial charge in [0.1, 0.15) is 11.3 Å². The zero-order valence-corrected chi connectivity index (χ0v) is 12.0. The van der Waals surface area contributed by atoms with Gasteiger partial charge in [-0.1, -0.05) is 18.2 Å². The number of fused-ring (bicyclic) bond motifs is 1. The number of para-hydroxylation sites is 1. The lowest BCUT2D eigenvalue weighted by molar-refractivity contribution is -0.132. The average molecular weight is 272 g/mol. The zero-order valence-electron chi connectivity index (χ0n) is 12.0. The largest absolute Gasteiger partial charge is 0.461 e. The van der Waals surface area contributed by atoms with Gasteiger partial charge in [-0.25, -0.2) is 0 Å². The SMILES string of the molecule is Cc1oc2ccccc2c1CNC1CCC(=O)N(C)C1. The van der Waals surface area contributed by atoms with Crippen molar-refractivity contribution in [2.24, 2.45) is 0 Å². The quantitative estimate of drug-likeness (QED) is 0.933. The molecule has 1 fully saturated rings. The molecule has 0 bridgehead atoms. The van der Waals surface area contributed by atoms with E-state index in [1.165, 1.54) is 10.9 Å². The van der Waals surface area contributed by atoms with Crippen LogP contribution in [0.25, 0.3) is 11.0 Å². The van der Waals surface area contributed by atoms with Crippen LogP contribution in [0.2, 0.25) is 0 Å². The van der Waals surface area contributed by atoms with E-state index in [0.29, 0.717) is 12.5 Å². The first-order chi connectivity index (χ1) is 9.65. The van der Waals surface area contributed by atoms with Crippen molar-refractivity contribution in [1.29, 1.82) is 0 Å². The summed E-state index contributed by atoms with van der Waals surface area (Å²) in [7, 11) is 1.87. The number of aryl methyl sites for hydroxylation is 1. The van der Waals surface area contributed by atoms with Gasteiger partial charge < -0.3 is 14.6 Å². The van der Waals surface area contributed by atoms with E-state index in [9.17, 15) is 4.79 Å². The Labute approximate surface area is 118 Å². The minimum absolute atomic E-state index is 0.244. The summed E-state index contributed by atoms with van der Waals surface area (Å²) in [6, 6.07) is 8.49. The third kappa shape index (κ3) is 2.43. The minimum atomic E-state index is 0.244. The van der Waals surface area contributed by atoms with Gasteiger partial charge in [-0.3, -0.25) is 4.79 Å². The van der Waals surface area contributed by atoms with Gasteiger partial charge in [-0.05, 0) is 19.4 Å². The van der Waals surface area contributed by atoms with Gasteiger partial charge in [-0.15, -0.1) is 0 Å². The molecular weight excluding hydrogens is 252 g/mol. The number of furan rings is 1. The highest BCUT2D eigenvalue weighted by molar-refractivity contribution is 5.82. The van der Waals surface area contributed by atoms with Crippen LogP contribution in [0.15, 0.2) is 28.7 Å². The summed E-state index contributed by atoms with van der Waals surface area (Å²) in [4.78, 5) is 13.3. The molecule has 1 aromatic heterocycles. The third-order valence-electron chi connectivity index (χ3n) is 4.09. The fourth-order valence-corrected chi connectivity index (χ4v) is 2.87. The summed E-state index contributed by atoms with van der Waals surface area (Å²) in [5.74, 6) is 1.21. The monoisotopic (exact) mass is 272 g/mol. The van der Waals surface area contributed by atoms with Crippen molar-refractivity contribution in [3.8, 4) is 0 Å². The van der Waals surface area contributed by atoms with Crippen molar-refractivity contribution in [1.82, 2.24) is 10.2 Å². The van der Waals surface area contributed by atoms with Crippen molar-refractivity contribution in [3.63, 3.8) is 0 Å². The molecule has 1 unspecified atom stereocenters. The van der Waals surface area contributed by atoms with E-state index in [1.807, 2.05) is 37.1 Å². The van der Waals surface area contributed by atoms with Crippen molar-refractivity contribution < 1.29 is 9.21 Å². The van der Waals surface area contributed by atoms with Gasteiger partial charge in [0.25, 0.3) is 0 Å². The zero-order chi connectivity index (χ0) is 14.1. The summed E-state index contributed by atoms with van der Waals surface area (Å²) in [5, 5.41) is 4.73. The number of piperidine rings is 1. The minimum Gasteiger partial charge on any atom is -0.461 e. The van der Waals surface area contributed by atoms with Crippen molar-refractivity contribution in [2.45, 2.75) is 32.4 Å². The molecule has 20 heavy (non-hydrogen) atoms. The highest BCUT2D eigenvalue weighted by atomic mass is 16.3.